The molecule has 0 aliphatic carbocycles. The number of nitrogens with zero attached hydrogens (tertiary/aromatic N) is 1. The van der Waals surface area contributed by atoms with Crippen molar-refractivity contribution in [3.8, 4) is 0 Å². The molecule has 0 radical (unpaired) electrons. The number of rotatable bonds is 4. The topological polar surface area (TPSA) is 65.2 Å². The van der Waals surface area contributed by atoms with Crippen molar-refractivity contribution in [3.63, 3.8) is 0 Å². The van der Waals surface area contributed by atoms with E-state index >= 15 is 0 Å². The van der Waals surface area contributed by atoms with Gasteiger partial charge in [-0.3, -0.25) is 9.78 Å². The van der Waals surface area contributed by atoms with Gasteiger partial charge in [-0.2, -0.15) is 0 Å². The molecule has 0 saturated carbocycles. The Morgan fingerprint density at radius 3 is 2.84 bits per heavy atom. The highest BCUT2D eigenvalue weighted by atomic mass is 16.5. The second kappa shape index (κ2) is 5.80. The van der Waals surface area contributed by atoms with E-state index in [4.69, 9.17) is 10.5 Å². The zero-order chi connectivity index (χ0) is 13.8. The molecule has 2 N–H and O–H groups in total. The minimum Gasteiger partial charge on any atom is -0.469 e. The van der Waals surface area contributed by atoms with Crippen LogP contribution in [0.3, 0.4) is 0 Å². The molecule has 0 fully saturated rings. The number of esters is 1. The summed E-state index contributed by atoms with van der Waals surface area (Å²) in [5.74, 6) is -0.595. The third kappa shape index (κ3) is 2.90. The van der Waals surface area contributed by atoms with Crippen LogP contribution in [0.1, 0.15) is 12.5 Å². The Labute approximate surface area is 112 Å². The van der Waals surface area contributed by atoms with Gasteiger partial charge in [0.15, 0.2) is 0 Å². The van der Waals surface area contributed by atoms with Crippen molar-refractivity contribution in [3.05, 3.63) is 42.1 Å². The molecule has 0 spiro atoms. The van der Waals surface area contributed by atoms with Gasteiger partial charge in [-0.1, -0.05) is 25.1 Å². The van der Waals surface area contributed by atoms with Gasteiger partial charge in [0.2, 0.25) is 0 Å². The van der Waals surface area contributed by atoms with Crippen LogP contribution in [0.25, 0.3) is 10.9 Å². The molecule has 0 bridgehead atoms. The first-order chi connectivity index (χ1) is 9.13. The van der Waals surface area contributed by atoms with Crippen LogP contribution in [0.2, 0.25) is 0 Å². The highest BCUT2D eigenvalue weighted by Crippen LogP contribution is 2.19. The fraction of sp³-hybridized carbons (Fsp3) is 0.333. The summed E-state index contributed by atoms with van der Waals surface area (Å²) in [7, 11) is 1.38. The maximum atomic E-state index is 11.5. The van der Waals surface area contributed by atoms with E-state index in [9.17, 15) is 4.79 Å². The molecule has 2 atom stereocenters. The molecule has 4 nitrogen and oxygen atoms in total. The smallest absolute Gasteiger partial charge is 0.309 e. The van der Waals surface area contributed by atoms with Gasteiger partial charge in [0.1, 0.15) is 0 Å². The lowest BCUT2D eigenvalue weighted by Crippen LogP contribution is -2.36. The third-order valence-corrected chi connectivity index (χ3v) is 3.41. The summed E-state index contributed by atoms with van der Waals surface area (Å²) in [5.41, 5.74) is 8.14. The zero-order valence-electron chi connectivity index (χ0n) is 11.2. The molecule has 1 heterocycles. The molecule has 2 aromatic rings. The molecule has 2 unspecified atom stereocenters. The summed E-state index contributed by atoms with van der Waals surface area (Å²) < 4.78 is 4.73. The van der Waals surface area contributed by atoms with Crippen LogP contribution in [-0.2, 0) is 16.0 Å². The molecule has 0 saturated heterocycles. The predicted molar refractivity (Wildman–Crippen MR) is 74.6 cm³/mol. The van der Waals surface area contributed by atoms with E-state index in [1.54, 1.807) is 13.1 Å². The van der Waals surface area contributed by atoms with E-state index in [0.717, 1.165) is 16.5 Å². The number of nitrogens with two attached hydrogens (primary N) is 1. The number of ether oxygens (including phenoxy) is 1. The average molecular weight is 258 g/mol. The van der Waals surface area contributed by atoms with Gasteiger partial charge in [0.05, 0.1) is 18.5 Å². The Morgan fingerprint density at radius 2 is 2.11 bits per heavy atom. The van der Waals surface area contributed by atoms with Crippen LogP contribution in [0, 0.1) is 5.92 Å². The standard InChI is InChI=1S/C15H18N2O2/c1-10(15(18)19-2)13(16)9-11-7-8-17-14-6-4-3-5-12(11)14/h3-8,10,13H,9,16H2,1-2H3. The minimum absolute atomic E-state index is 0.266. The third-order valence-electron chi connectivity index (χ3n) is 3.41. The summed E-state index contributed by atoms with van der Waals surface area (Å²) in [6, 6.07) is 9.60. The molecule has 19 heavy (non-hydrogen) atoms. The minimum atomic E-state index is -0.322. The Bertz CT molecular complexity index is 578. The quantitative estimate of drug-likeness (QED) is 0.851. The van der Waals surface area contributed by atoms with Gasteiger partial charge in [-0.05, 0) is 24.1 Å². The highest BCUT2D eigenvalue weighted by Gasteiger charge is 2.22. The zero-order valence-corrected chi connectivity index (χ0v) is 11.2. The van der Waals surface area contributed by atoms with E-state index in [2.05, 4.69) is 4.98 Å². The monoisotopic (exact) mass is 258 g/mol. The Hall–Kier alpha value is -1.94. The average Bonchev–Trinajstić information content (AvgIpc) is 2.46. The van der Waals surface area contributed by atoms with Gasteiger partial charge in [-0.15, -0.1) is 0 Å². The van der Waals surface area contributed by atoms with E-state index in [1.165, 1.54) is 7.11 Å². The number of carbonyl (C=O) groups is 1. The molecular weight excluding hydrogens is 240 g/mol. The Balaban J connectivity index is 2.24. The van der Waals surface area contributed by atoms with Crippen LogP contribution in [0.15, 0.2) is 36.5 Å². The van der Waals surface area contributed by atoms with E-state index in [0.29, 0.717) is 6.42 Å². The van der Waals surface area contributed by atoms with Crippen LogP contribution < -0.4 is 5.73 Å². The van der Waals surface area contributed by atoms with Crippen molar-refractivity contribution in [2.24, 2.45) is 11.7 Å². The molecule has 0 aliphatic rings. The number of aromatic nitrogens is 1. The fourth-order valence-corrected chi connectivity index (χ4v) is 2.12. The summed E-state index contributed by atoms with van der Waals surface area (Å²) >= 11 is 0. The number of benzene rings is 1. The molecule has 0 aliphatic heterocycles. The molecule has 1 aromatic carbocycles. The number of fused-ring (bicyclic) bond motifs is 1. The lowest BCUT2D eigenvalue weighted by atomic mass is 9.94. The Kier molecular flexibility index (Phi) is 4.12. The second-order valence-electron chi connectivity index (χ2n) is 4.67. The highest BCUT2D eigenvalue weighted by molar-refractivity contribution is 5.82. The van der Waals surface area contributed by atoms with Crippen molar-refractivity contribution < 1.29 is 9.53 Å². The molecule has 1 aromatic heterocycles. The number of methoxy groups -OCH3 is 1. The number of hydrogen-bond acceptors (Lipinski definition) is 4. The van der Waals surface area contributed by atoms with E-state index < -0.39 is 0 Å². The number of para-hydroxylation sites is 1. The van der Waals surface area contributed by atoms with Crippen molar-refractivity contribution >= 4 is 16.9 Å². The van der Waals surface area contributed by atoms with Gasteiger partial charge in [0, 0.05) is 17.6 Å². The number of hydrogen-bond donors (Lipinski definition) is 1. The van der Waals surface area contributed by atoms with E-state index in [1.807, 2.05) is 30.3 Å². The van der Waals surface area contributed by atoms with Crippen molar-refractivity contribution in [2.45, 2.75) is 19.4 Å². The summed E-state index contributed by atoms with van der Waals surface area (Å²) in [4.78, 5) is 15.8. The summed E-state index contributed by atoms with van der Waals surface area (Å²) in [6.07, 6.45) is 2.40. The number of pyridine rings is 1. The lowest BCUT2D eigenvalue weighted by molar-refractivity contribution is -0.145. The maximum absolute atomic E-state index is 11.5. The van der Waals surface area contributed by atoms with Crippen molar-refractivity contribution in [1.82, 2.24) is 4.98 Å². The van der Waals surface area contributed by atoms with Crippen LogP contribution in [-0.4, -0.2) is 24.1 Å². The predicted octanol–water partition coefficient (Wildman–Crippen LogP) is 1.91. The molecule has 4 heteroatoms. The van der Waals surface area contributed by atoms with Crippen LogP contribution in [0.5, 0.6) is 0 Å². The van der Waals surface area contributed by atoms with Crippen LogP contribution in [0.4, 0.5) is 0 Å². The SMILES string of the molecule is COC(=O)C(C)C(N)Cc1ccnc2ccccc12. The van der Waals surface area contributed by atoms with Gasteiger partial charge in [-0.25, -0.2) is 0 Å². The second-order valence-corrected chi connectivity index (χ2v) is 4.67. The molecule has 100 valence electrons. The van der Waals surface area contributed by atoms with Crippen molar-refractivity contribution in [2.75, 3.05) is 7.11 Å². The van der Waals surface area contributed by atoms with Crippen molar-refractivity contribution in [1.29, 1.82) is 0 Å². The molecule has 0 amide bonds. The number of carbonyl (C=O) groups excluding carboxylic acids is 1. The van der Waals surface area contributed by atoms with Gasteiger partial charge in [0.25, 0.3) is 0 Å². The first-order valence-corrected chi connectivity index (χ1v) is 6.29. The largest absolute Gasteiger partial charge is 0.469 e. The first-order valence-electron chi connectivity index (χ1n) is 6.29. The first kappa shape index (κ1) is 13.5. The maximum Gasteiger partial charge on any atom is 0.309 e. The normalized spacial score (nSPS) is 14.1. The molecular formula is C15H18N2O2. The van der Waals surface area contributed by atoms with Crippen LogP contribution >= 0.6 is 0 Å². The fourth-order valence-electron chi connectivity index (χ4n) is 2.12. The lowest BCUT2D eigenvalue weighted by Gasteiger charge is -2.18. The summed E-state index contributed by atoms with van der Waals surface area (Å²) in [5, 5.41) is 1.08. The van der Waals surface area contributed by atoms with Gasteiger partial charge < -0.3 is 10.5 Å². The van der Waals surface area contributed by atoms with Gasteiger partial charge >= 0.3 is 5.97 Å². The van der Waals surface area contributed by atoms with E-state index in [-0.39, 0.29) is 17.9 Å². The Morgan fingerprint density at radius 1 is 1.37 bits per heavy atom. The molecule has 2 rings (SSSR count). The summed E-state index contributed by atoms with van der Waals surface area (Å²) in [6.45, 7) is 1.79.